The summed E-state index contributed by atoms with van der Waals surface area (Å²) in [5.41, 5.74) is 4.26. The van der Waals surface area contributed by atoms with Gasteiger partial charge in [-0.05, 0) is 67.2 Å². The number of carbonyl (C=O) groups is 2. The predicted molar refractivity (Wildman–Crippen MR) is 146 cm³/mol. The molecule has 2 amide bonds. The Kier molecular flexibility index (Phi) is 8.84. The highest BCUT2D eigenvalue weighted by atomic mass is 32.2. The average Bonchev–Trinajstić information content (AvgIpc) is 3.14. The van der Waals surface area contributed by atoms with Crippen LogP contribution in [0.4, 0.5) is 4.39 Å². The number of nitrogens with zero attached hydrogens (tertiary/aromatic N) is 1. The lowest BCUT2D eigenvalue weighted by molar-refractivity contribution is 0.0731. The van der Waals surface area contributed by atoms with E-state index >= 15 is 0 Å². The van der Waals surface area contributed by atoms with Crippen LogP contribution in [0.2, 0.25) is 0 Å². The van der Waals surface area contributed by atoms with Gasteiger partial charge >= 0.3 is 0 Å². The van der Waals surface area contributed by atoms with Gasteiger partial charge in [0.25, 0.3) is 11.8 Å². The standard InChI is InChI=1S/C29H32FN3O3S/c1-4-23-24(10-12-26(37-3)27(23)30)29(35)33-15-16-36-25-11-9-21(17-22(25)18-33)19-5-7-20(8-6-19)28(34)32-14-13-31-2/h5-12,17,31H,4,13-16,18H2,1-3H3,(H,32,34). The zero-order valence-corrected chi connectivity index (χ0v) is 22.2. The monoisotopic (exact) mass is 521 g/mol. The molecule has 194 valence electrons. The lowest BCUT2D eigenvalue weighted by Gasteiger charge is -2.22. The highest BCUT2D eigenvalue weighted by Gasteiger charge is 2.25. The Hall–Kier alpha value is -3.36. The number of ether oxygens (including phenoxy) is 1. The van der Waals surface area contributed by atoms with E-state index in [9.17, 15) is 14.0 Å². The van der Waals surface area contributed by atoms with Crippen molar-refractivity contribution < 1.29 is 18.7 Å². The molecule has 0 bridgehead atoms. The van der Waals surface area contributed by atoms with Crippen molar-refractivity contribution >= 4 is 23.6 Å². The van der Waals surface area contributed by atoms with Gasteiger partial charge in [-0.1, -0.05) is 25.1 Å². The molecule has 4 rings (SSSR count). The van der Waals surface area contributed by atoms with Crippen molar-refractivity contribution in [2.45, 2.75) is 24.8 Å². The average molecular weight is 522 g/mol. The van der Waals surface area contributed by atoms with Crippen molar-refractivity contribution in [2.75, 3.05) is 39.5 Å². The summed E-state index contributed by atoms with van der Waals surface area (Å²) in [5.74, 6) is 0.117. The Balaban J connectivity index is 1.55. The number of likely N-dealkylation sites (N-methyl/N-ethyl adjacent to an activating group) is 1. The number of amides is 2. The Morgan fingerprint density at radius 2 is 1.81 bits per heavy atom. The molecule has 0 saturated heterocycles. The van der Waals surface area contributed by atoms with Gasteiger partial charge in [-0.15, -0.1) is 11.8 Å². The van der Waals surface area contributed by atoms with Crippen molar-refractivity contribution in [1.82, 2.24) is 15.5 Å². The van der Waals surface area contributed by atoms with Crippen LogP contribution >= 0.6 is 11.8 Å². The quantitative estimate of drug-likeness (QED) is 0.330. The molecule has 3 aromatic rings. The van der Waals surface area contributed by atoms with E-state index < -0.39 is 0 Å². The van der Waals surface area contributed by atoms with Gasteiger partial charge in [0.05, 0.1) is 6.54 Å². The minimum atomic E-state index is -0.311. The highest BCUT2D eigenvalue weighted by Crippen LogP contribution is 2.31. The van der Waals surface area contributed by atoms with Gasteiger partial charge in [-0.25, -0.2) is 4.39 Å². The van der Waals surface area contributed by atoms with Crippen molar-refractivity contribution in [2.24, 2.45) is 0 Å². The molecule has 0 radical (unpaired) electrons. The van der Waals surface area contributed by atoms with Crippen LogP contribution in [0, 0.1) is 5.82 Å². The lowest BCUT2D eigenvalue weighted by atomic mass is 10.00. The molecule has 0 spiro atoms. The third kappa shape index (κ3) is 5.97. The molecule has 3 aromatic carbocycles. The minimum Gasteiger partial charge on any atom is -0.491 e. The fourth-order valence-electron chi connectivity index (χ4n) is 4.44. The third-order valence-electron chi connectivity index (χ3n) is 6.48. The van der Waals surface area contributed by atoms with E-state index in [2.05, 4.69) is 10.6 Å². The summed E-state index contributed by atoms with van der Waals surface area (Å²) in [5, 5.41) is 5.87. The van der Waals surface area contributed by atoms with Gasteiger partial charge in [-0.3, -0.25) is 9.59 Å². The summed E-state index contributed by atoms with van der Waals surface area (Å²) in [7, 11) is 1.84. The second-order valence-electron chi connectivity index (χ2n) is 8.80. The Labute approximate surface area is 221 Å². The summed E-state index contributed by atoms with van der Waals surface area (Å²) in [6.45, 7) is 4.27. The number of carbonyl (C=O) groups excluding carboxylic acids is 2. The maximum Gasteiger partial charge on any atom is 0.254 e. The third-order valence-corrected chi connectivity index (χ3v) is 7.24. The number of fused-ring (bicyclic) bond motifs is 1. The summed E-state index contributed by atoms with van der Waals surface area (Å²) in [6, 6.07) is 16.8. The van der Waals surface area contributed by atoms with Crippen molar-refractivity contribution in [3.63, 3.8) is 0 Å². The predicted octanol–water partition coefficient (Wildman–Crippen LogP) is 4.76. The maximum absolute atomic E-state index is 14.9. The molecule has 0 unspecified atom stereocenters. The first-order valence-electron chi connectivity index (χ1n) is 12.4. The SMILES string of the molecule is CCc1c(C(=O)N2CCOc3ccc(-c4ccc(C(=O)NCCNC)cc4)cc3C2)ccc(SC)c1F. The van der Waals surface area contributed by atoms with E-state index in [1.807, 2.05) is 50.6 Å². The highest BCUT2D eigenvalue weighted by molar-refractivity contribution is 7.98. The molecule has 6 nitrogen and oxygen atoms in total. The first-order chi connectivity index (χ1) is 18.0. The summed E-state index contributed by atoms with van der Waals surface area (Å²) < 4.78 is 20.9. The van der Waals surface area contributed by atoms with Gasteiger partial charge < -0.3 is 20.3 Å². The number of thioether (sulfide) groups is 1. The van der Waals surface area contributed by atoms with E-state index in [1.165, 1.54) is 11.8 Å². The number of rotatable bonds is 8. The molecular formula is C29H32FN3O3S. The number of benzene rings is 3. The minimum absolute atomic E-state index is 0.111. The van der Waals surface area contributed by atoms with Gasteiger partial charge in [0.2, 0.25) is 0 Å². The number of nitrogens with one attached hydrogen (secondary N) is 2. The molecule has 1 heterocycles. The number of halogens is 1. The van der Waals surface area contributed by atoms with Crippen LogP contribution < -0.4 is 15.4 Å². The normalized spacial score (nSPS) is 12.9. The van der Waals surface area contributed by atoms with Crippen LogP contribution in [-0.2, 0) is 13.0 Å². The second-order valence-corrected chi connectivity index (χ2v) is 9.64. The second kappa shape index (κ2) is 12.3. The molecule has 0 atom stereocenters. The molecular weight excluding hydrogens is 489 g/mol. The topological polar surface area (TPSA) is 70.7 Å². The van der Waals surface area contributed by atoms with E-state index in [-0.39, 0.29) is 17.6 Å². The zero-order valence-electron chi connectivity index (χ0n) is 21.4. The zero-order chi connectivity index (χ0) is 26.4. The number of hydrogen-bond donors (Lipinski definition) is 2. The van der Waals surface area contributed by atoms with E-state index in [0.29, 0.717) is 60.8 Å². The first kappa shape index (κ1) is 26.7. The van der Waals surface area contributed by atoms with E-state index in [1.54, 1.807) is 29.2 Å². The Morgan fingerprint density at radius 1 is 1.05 bits per heavy atom. The van der Waals surface area contributed by atoms with E-state index in [0.717, 1.165) is 22.4 Å². The molecule has 0 saturated carbocycles. The van der Waals surface area contributed by atoms with Gasteiger partial charge in [-0.2, -0.15) is 0 Å². The first-order valence-corrected chi connectivity index (χ1v) is 13.6. The summed E-state index contributed by atoms with van der Waals surface area (Å²) in [4.78, 5) is 28.1. The fourth-order valence-corrected chi connectivity index (χ4v) is 4.94. The molecule has 8 heteroatoms. The van der Waals surface area contributed by atoms with Crippen molar-refractivity contribution in [3.8, 4) is 16.9 Å². The van der Waals surface area contributed by atoms with Crippen LogP contribution in [0.3, 0.4) is 0 Å². The van der Waals surface area contributed by atoms with Crippen LogP contribution in [0.25, 0.3) is 11.1 Å². The van der Waals surface area contributed by atoms with Gasteiger partial charge in [0.1, 0.15) is 18.2 Å². The molecule has 1 aliphatic heterocycles. The largest absolute Gasteiger partial charge is 0.491 e. The van der Waals surface area contributed by atoms with Crippen LogP contribution in [-0.4, -0.2) is 56.3 Å². The van der Waals surface area contributed by atoms with Gasteiger partial charge in [0, 0.05) is 46.8 Å². The Bertz CT molecular complexity index is 1280. The molecule has 2 N–H and O–H groups in total. The fraction of sp³-hybridized carbons (Fsp3) is 0.310. The lowest BCUT2D eigenvalue weighted by Crippen LogP contribution is -2.33. The van der Waals surface area contributed by atoms with Crippen LogP contribution in [0.1, 0.15) is 38.8 Å². The maximum atomic E-state index is 14.9. The number of hydrogen-bond acceptors (Lipinski definition) is 5. The van der Waals surface area contributed by atoms with Crippen LogP contribution in [0.5, 0.6) is 5.75 Å². The molecule has 37 heavy (non-hydrogen) atoms. The summed E-state index contributed by atoms with van der Waals surface area (Å²) >= 11 is 1.34. The van der Waals surface area contributed by atoms with E-state index in [4.69, 9.17) is 4.74 Å². The van der Waals surface area contributed by atoms with Crippen molar-refractivity contribution in [1.29, 1.82) is 0 Å². The van der Waals surface area contributed by atoms with Crippen molar-refractivity contribution in [3.05, 3.63) is 82.7 Å². The molecule has 0 aromatic heterocycles. The summed E-state index contributed by atoms with van der Waals surface area (Å²) in [6.07, 6.45) is 2.27. The molecule has 1 aliphatic rings. The van der Waals surface area contributed by atoms with Gasteiger partial charge in [0.15, 0.2) is 0 Å². The Morgan fingerprint density at radius 3 is 2.51 bits per heavy atom. The molecule has 0 aliphatic carbocycles. The molecule has 0 fully saturated rings. The smallest absolute Gasteiger partial charge is 0.254 e. The van der Waals surface area contributed by atoms with Crippen LogP contribution in [0.15, 0.2) is 59.5 Å².